The fraction of sp³-hybridized carbons (Fsp3) is 0.545. The summed E-state index contributed by atoms with van der Waals surface area (Å²) in [5.74, 6) is 0.748. The predicted octanol–water partition coefficient (Wildman–Crippen LogP) is 0.699. The minimum absolute atomic E-state index is 0.135. The summed E-state index contributed by atoms with van der Waals surface area (Å²) >= 11 is 0. The highest BCUT2D eigenvalue weighted by Crippen LogP contribution is 2.21. The number of nitrogens with zero attached hydrogens (tertiary/aromatic N) is 4. The molecule has 0 spiro atoms. The van der Waals surface area contributed by atoms with Crippen molar-refractivity contribution in [3.05, 3.63) is 18.1 Å². The van der Waals surface area contributed by atoms with Gasteiger partial charge in [0, 0.05) is 6.54 Å². The van der Waals surface area contributed by atoms with E-state index in [0.717, 1.165) is 31.6 Å². The third kappa shape index (κ3) is 2.12. The zero-order chi connectivity index (χ0) is 11.4. The Balaban J connectivity index is 2.18. The van der Waals surface area contributed by atoms with Crippen LogP contribution in [-0.4, -0.2) is 34.3 Å². The van der Waals surface area contributed by atoms with Crippen molar-refractivity contribution in [2.45, 2.75) is 25.3 Å². The van der Waals surface area contributed by atoms with Crippen molar-refractivity contribution >= 4 is 5.82 Å². The molecule has 0 amide bonds. The Hall–Kier alpha value is -1.67. The van der Waals surface area contributed by atoms with Gasteiger partial charge in [0.05, 0.1) is 25.0 Å². The van der Waals surface area contributed by atoms with Gasteiger partial charge in [-0.25, -0.2) is 9.97 Å². The first-order valence-corrected chi connectivity index (χ1v) is 5.45. The summed E-state index contributed by atoms with van der Waals surface area (Å²) in [5.41, 5.74) is 0.321. The van der Waals surface area contributed by atoms with Crippen molar-refractivity contribution in [1.29, 1.82) is 5.26 Å². The Kier molecular flexibility index (Phi) is 3.32. The number of aromatic nitrogens is 2. The molecule has 1 aromatic rings. The summed E-state index contributed by atoms with van der Waals surface area (Å²) in [6.07, 6.45) is 6.31. The summed E-state index contributed by atoms with van der Waals surface area (Å²) in [5, 5.41) is 17.9. The van der Waals surface area contributed by atoms with Gasteiger partial charge < -0.3 is 10.0 Å². The van der Waals surface area contributed by atoms with E-state index < -0.39 is 0 Å². The SMILES string of the molecule is N#Cc1cnc(N2CCCCC2CO)cn1. The molecular formula is C11H14N4O. The van der Waals surface area contributed by atoms with Crippen LogP contribution in [-0.2, 0) is 0 Å². The standard InChI is InChI=1S/C11H14N4O/c12-5-9-6-14-11(7-13-9)15-4-2-1-3-10(15)8-16/h6-7,10,16H,1-4,8H2. The lowest BCUT2D eigenvalue weighted by Crippen LogP contribution is -2.42. The zero-order valence-corrected chi connectivity index (χ0v) is 9.00. The summed E-state index contributed by atoms with van der Waals surface area (Å²) in [6, 6.07) is 2.08. The van der Waals surface area contributed by atoms with Crippen LogP contribution in [0.15, 0.2) is 12.4 Å². The van der Waals surface area contributed by atoms with Gasteiger partial charge in [-0.15, -0.1) is 0 Å². The highest BCUT2D eigenvalue weighted by Gasteiger charge is 2.22. The first kappa shape index (κ1) is 10.8. The molecule has 1 atom stereocenters. The largest absolute Gasteiger partial charge is 0.394 e. The smallest absolute Gasteiger partial charge is 0.158 e. The van der Waals surface area contributed by atoms with Crippen molar-refractivity contribution in [2.24, 2.45) is 0 Å². The lowest BCUT2D eigenvalue weighted by atomic mass is 10.0. The lowest BCUT2D eigenvalue weighted by molar-refractivity contribution is 0.239. The van der Waals surface area contributed by atoms with Crippen LogP contribution in [0.25, 0.3) is 0 Å². The van der Waals surface area contributed by atoms with Crippen molar-refractivity contribution in [3.8, 4) is 6.07 Å². The fourth-order valence-corrected chi connectivity index (χ4v) is 2.02. The molecule has 5 heteroatoms. The van der Waals surface area contributed by atoms with Gasteiger partial charge in [-0.05, 0) is 19.3 Å². The van der Waals surface area contributed by atoms with E-state index in [2.05, 4.69) is 14.9 Å². The number of piperidine rings is 1. The summed E-state index contributed by atoms with van der Waals surface area (Å²) in [6.45, 7) is 1.04. The number of hydrogen-bond acceptors (Lipinski definition) is 5. The van der Waals surface area contributed by atoms with E-state index in [9.17, 15) is 5.11 Å². The predicted molar refractivity (Wildman–Crippen MR) is 58.8 cm³/mol. The van der Waals surface area contributed by atoms with Gasteiger partial charge in [-0.2, -0.15) is 5.26 Å². The first-order chi connectivity index (χ1) is 7.85. The van der Waals surface area contributed by atoms with Gasteiger partial charge in [0.25, 0.3) is 0 Å². The van der Waals surface area contributed by atoms with E-state index >= 15 is 0 Å². The second-order valence-electron chi connectivity index (χ2n) is 3.90. The molecule has 1 saturated heterocycles. The van der Waals surface area contributed by atoms with Gasteiger partial charge >= 0.3 is 0 Å². The molecule has 0 saturated carbocycles. The number of nitriles is 1. The van der Waals surface area contributed by atoms with Crippen LogP contribution in [0.4, 0.5) is 5.82 Å². The molecule has 1 unspecified atom stereocenters. The molecule has 0 radical (unpaired) electrons. The van der Waals surface area contributed by atoms with Gasteiger partial charge in [0.2, 0.25) is 0 Å². The summed E-state index contributed by atoms with van der Waals surface area (Å²) in [7, 11) is 0. The molecule has 5 nitrogen and oxygen atoms in total. The van der Waals surface area contributed by atoms with Crippen LogP contribution in [0.2, 0.25) is 0 Å². The Labute approximate surface area is 94.4 Å². The van der Waals surface area contributed by atoms with Gasteiger partial charge in [-0.3, -0.25) is 0 Å². The first-order valence-electron chi connectivity index (χ1n) is 5.45. The Morgan fingerprint density at radius 2 is 2.31 bits per heavy atom. The zero-order valence-electron chi connectivity index (χ0n) is 9.00. The monoisotopic (exact) mass is 218 g/mol. The molecule has 2 heterocycles. The third-order valence-corrected chi connectivity index (χ3v) is 2.88. The van der Waals surface area contributed by atoms with E-state index in [1.165, 1.54) is 6.20 Å². The minimum Gasteiger partial charge on any atom is -0.394 e. The van der Waals surface area contributed by atoms with Crippen molar-refractivity contribution < 1.29 is 5.11 Å². The van der Waals surface area contributed by atoms with Gasteiger partial charge in [-0.1, -0.05) is 0 Å². The Bertz CT molecular complexity index is 384. The minimum atomic E-state index is 0.135. The third-order valence-electron chi connectivity index (χ3n) is 2.88. The highest BCUT2D eigenvalue weighted by atomic mass is 16.3. The fourth-order valence-electron chi connectivity index (χ4n) is 2.02. The number of hydrogen-bond donors (Lipinski definition) is 1. The average Bonchev–Trinajstić information content (AvgIpc) is 2.39. The van der Waals surface area contributed by atoms with Crippen LogP contribution in [0.3, 0.4) is 0 Å². The summed E-state index contributed by atoms with van der Waals surface area (Å²) in [4.78, 5) is 10.3. The maximum absolute atomic E-state index is 9.28. The van der Waals surface area contributed by atoms with Crippen LogP contribution in [0.5, 0.6) is 0 Å². The molecule has 0 aromatic carbocycles. The molecule has 16 heavy (non-hydrogen) atoms. The van der Waals surface area contributed by atoms with Crippen LogP contribution < -0.4 is 4.90 Å². The average molecular weight is 218 g/mol. The van der Waals surface area contributed by atoms with Crippen LogP contribution in [0, 0.1) is 11.3 Å². The van der Waals surface area contributed by atoms with E-state index in [0.29, 0.717) is 5.69 Å². The second-order valence-corrected chi connectivity index (χ2v) is 3.90. The number of aliphatic hydroxyl groups excluding tert-OH is 1. The molecule has 1 aliphatic heterocycles. The van der Waals surface area contributed by atoms with Crippen molar-refractivity contribution in [2.75, 3.05) is 18.1 Å². The maximum Gasteiger partial charge on any atom is 0.158 e. The lowest BCUT2D eigenvalue weighted by Gasteiger charge is -2.35. The van der Waals surface area contributed by atoms with Crippen LogP contribution in [0.1, 0.15) is 25.0 Å². The highest BCUT2D eigenvalue weighted by molar-refractivity contribution is 5.39. The topological polar surface area (TPSA) is 73.0 Å². The van der Waals surface area contributed by atoms with Gasteiger partial charge in [0.1, 0.15) is 11.9 Å². The van der Waals surface area contributed by atoms with Crippen molar-refractivity contribution in [1.82, 2.24) is 9.97 Å². The molecule has 1 N–H and O–H groups in total. The number of rotatable bonds is 2. The van der Waals surface area contributed by atoms with E-state index in [-0.39, 0.29) is 12.6 Å². The molecule has 0 bridgehead atoms. The molecule has 1 aliphatic rings. The normalized spacial score (nSPS) is 20.5. The van der Waals surface area contributed by atoms with Crippen LogP contribution >= 0.6 is 0 Å². The van der Waals surface area contributed by atoms with E-state index in [4.69, 9.17) is 5.26 Å². The number of anilines is 1. The molecule has 84 valence electrons. The maximum atomic E-state index is 9.28. The van der Waals surface area contributed by atoms with E-state index in [1.807, 2.05) is 6.07 Å². The van der Waals surface area contributed by atoms with Crippen molar-refractivity contribution in [3.63, 3.8) is 0 Å². The number of aliphatic hydroxyl groups is 1. The molecule has 1 fully saturated rings. The molecule has 2 rings (SSSR count). The van der Waals surface area contributed by atoms with Gasteiger partial charge in [0.15, 0.2) is 5.69 Å². The second kappa shape index (κ2) is 4.90. The molecule has 0 aliphatic carbocycles. The Morgan fingerprint density at radius 3 is 2.94 bits per heavy atom. The molecular weight excluding hydrogens is 204 g/mol. The quantitative estimate of drug-likeness (QED) is 0.791. The molecule has 1 aromatic heterocycles. The van der Waals surface area contributed by atoms with E-state index in [1.54, 1.807) is 6.20 Å². The Morgan fingerprint density at radius 1 is 1.44 bits per heavy atom. The summed E-state index contributed by atoms with van der Waals surface area (Å²) < 4.78 is 0.